The van der Waals surface area contributed by atoms with E-state index in [4.69, 9.17) is 0 Å². The molecule has 2 unspecified atom stereocenters. The van der Waals surface area contributed by atoms with Crippen LogP contribution in [0.3, 0.4) is 0 Å². The van der Waals surface area contributed by atoms with Crippen LogP contribution in [-0.2, 0) is 14.6 Å². The van der Waals surface area contributed by atoms with Crippen LogP contribution in [0.2, 0.25) is 0 Å². The van der Waals surface area contributed by atoms with Crippen LogP contribution in [0, 0.1) is 5.41 Å². The Balaban J connectivity index is 2.01. The van der Waals surface area contributed by atoms with Crippen LogP contribution < -0.4 is 5.32 Å². The molecule has 0 bridgehead atoms. The molecule has 2 fully saturated rings. The summed E-state index contributed by atoms with van der Waals surface area (Å²) in [6, 6.07) is 9.47. The fourth-order valence-electron chi connectivity index (χ4n) is 3.18. The molecule has 1 aromatic carbocycles. The number of hydrogen-bond acceptors (Lipinski definition) is 3. The lowest BCUT2D eigenvalue weighted by atomic mass is 9.77. The Hall–Kier alpha value is -1.36. The SMILES string of the molecule is O=C1CC2(CCS(=O)(=O)C2)C(c2ccccc2)N1. The van der Waals surface area contributed by atoms with Crippen LogP contribution in [0.4, 0.5) is 0 Å². The van der Waals surface area contributed by atoms with Gasteiger partial charge in [0.2, 0.25) is 5.91 Å². The summed E-state index contributed by atoms with van der Waals surface area (Å²) in [5.41, 5.74) is 0.567. The smallest absolute Gasteiger partial charge is 0.221 e. The van der Waals surface area contributed by atoms with Gasteiger partial charge in [0.05, 0.1) is 17.5 Å². The zero-order chi connectivity index (χ0) is 12.8. The Morgan fingerprint density at radius 1 is 1.22 bits per heavy atom. The van der Waals surface area contributed by atoms with Crippen LogP contribution in [-0.4, -0.2) is 25.8 Å². The van der Waals surface area contributed by atoms with Gasteiger partial charge in [-0.25, -0.2) is 8.42 Å². The Bertz CT molecular complexity index is 582. The maximum Gasteiger partial charge on any atom is 0.221 e. The first kappa shape index (κ1) is 11.7. The van der Waals surface area contributed by atoms with E-state index in [9.17, 15) is 13.2 Å². The number of rotatable bonds is 1. The van der Waals surface area contributed by atoms with Crippen molar-refractivity contribution in [1.29, 1.82) is 0 Å². The molecule has 2 aliphatic heterocycles. The third kappa shape index (κ3) is 1.82. The first-order valence-electron chi connectivity index (χ1n) is 6.06. The lowest BCUT2D eigenvalue weighted by molar-refractivity contribution is -0.119. The van der Waals surface area contributed by atoms with E-state index in [1.54, 1.807) is 0 Å². The summed E-state index contributed by atoms with van der Waals surface area (Å²) in [5, 5.41) is 2.94. The summed E-state index contributed by atoms with van der Waals surface area (Å²) in [7, 11) is -2.99. The van der Waals surface area contributed by atoms with E-state index in [-0.39, 0.29) is 23.5 Å². The molecule has 18 heavy (non-hydrogen) atoms. The molecular weight excluding hydrogens is 250 g/mol. The van der Waals surface area contributed by atoms with Gasteiger partial charge >= 0.3 is 0 Å². The molecular formula is C13H15NO3S. The molecule has 2 heterocycles. The van der Waals surface area contributed by atoms with E-state index in [1.165, 1.54) is 0 Å². The molecule has 1 amide bonds. The lowest BCUT2D eigenvalue weighted by Crippen LogP contribution is -2.30. The minimum Gasteiger partial charge on any atom is -0.349 e. The number of benzene rings is 1. The molecule has 1 aromatic rings. The predicted molar refractivity (Wildman–Crippen MR) is 67.6 cm³/mol. The average Bonchev–Trinajstić information content (AvgIpc) is 2.80. The fourth-order valence-corrected chi connectivity index (χ4v) is 5.33. The van der Waals surface area contributed by atoms with Crippen molar-refractivity contribution in [2.75, 3.05) is 11.5 Å². The second-order valence-electron chi connectivity index (χ2n) is 5.29. The summed E-state index contributed by atoms with van der Waals surface area (Å²) in [4.78, 5) is 11.7. The molecule has 1 spiro atoms. The van der Waals surface area contributed by atoms with Crippen molar-refractivity contribution >= 4 is 15.7 Å². The molecule has 2 atom stereocenters. The van der Waals surface area contributed by atoms with Crippen LogP contribution >= 0.6 is 0 Å². The van der Waals surface area contributed by atoms with Crippen molar-refractivity contribution in [3.8, 4) is 0 Å². The third-order valence-electron chi connectivity index (χ3n) is 3.98. The van der Waals surface area contributed by atoms with Crippen molar-refractivity contribution in [2.24, 2.45) is 5.41 Å². The van der Waals surface area contributed by atoms with Crippen LogP contribution in [0.1, 0.15) is 24.4 Å². The Kier molecular flexibility index (Phi) is 2.48. The molecule has 0 aromatic heterocycles. The van der Waals surface area contributed by atoms with Gasteiger partial charge in [-0.15, -0.1) is 0 Å². The highest BCUT2D eigenvalue weighted by Crippen LogP contribution is 2.49. The zero-order valence-electron chi connectivity index (χ0n) is 9.93. The second kappa shape index (κ2) is 3.82. The summed E-state index contributed by atoms with van der Waals surface area (Å²) in [6.07, 6.45) is 0.902. The zero-order valence-corrected chi connectivity index (χ0v) is 10.7. The number of amides is 1. The minimum absolute atomic E-state index is 0.0408. The summed E-state index contributed by atoms with van der Waals surface area (Å²) < 4.78 is 23.5. The Labute approximate surface area is 106 Å². The quantitative estimate of drug-likeness (QED) is 0.825. The van der Waals surface area contributed by atoms with E-state index < -0.39 is 15.3 Å². The summed E-state index contributed by atoms with van der Waals surface area (Å²) >= 11 is 0. The van der Waals surface area contributed by atoms with Gasteiger partial charge in [-0.2, -0.15) is 0 Å². The highest BCUT2D eigenvalue weighted by Gasteiger charge is 2.53. The standard InChI is InChI=1S/C13H15NO3S/c15-11-8-13(6-7-18(16,17)9-13)12(14-11)10-4-2-1-3-5-10/h1-5,12H,6-9H2,(H,14,15). The summed E-state index contributed by atoms with van der Waals surface area (Å²) in [5.74, 6) is 0.282. The average molecular weight is 265 g/mol. The van der Waals surface area contributed by atoms with Gasteiger partial charge in [-0.3, -0.25) is 4.79 Å². The molecule has 96 valence electrons. The number of carbonyl (C=O) groups excluding carboxylic acids is 1. The Morgan fingerprint density at radius 2 is 1.94 bits per heavy atom. The van der Waals surface area contributed by atoms with Crippen LogP contribution in [0.5, 0.6) is 0 Å². The molecule has 3 rings (SSSR count). The monoisotopic (exact) mass is 265 g/mol. The first-order chi connectivity index (χ1) is 8.51. The van der Waals surface area contributed by atoms with Gasteiger partial charge in [-0.1, -0.05) is 30.3 Å². The largest absolute Gasteiger partial charge is 0.349 e. The van der Waals surface area contributed by atoms with Gasteiger partial charge in [0.1, 0.15) is 0 Å². The van der Waals surface area contributed by atoms with E-state index in [0.29, 0.717) is 12.8 Å². The highest BCUT2D eigenvalue weighted by molar-refractivity contribution is 7.91. The lowest BCUT2D eigenvalue weighted by Gasteiger charge is -2.28. The number of nitrogens with one attached hydrogen (secondary N) is 1. The van der Waals surface area contributed by atoms with Crippen molar-refractivity contribution in [2.45, 2.75) is 18.9 Å². The number of carbonyl (C=O) groups is 1. The highest BCUT2D eigenvalue weighted by atomic mass is 32.2. The normalized spacial score (nSPS) is 33.8. The van der Waals surface area contributed by atoms with Crippen molar-refractivity contribution in [3.63, 3.8) is 0 Å². The van der Waals surface area contributed by atoms with Crippen LogP contribution in [0.15, 0.2) is 30.3 Å². The van der Waals surface area contributed by atoms with E-state index in [1.807, 2.05) is 30.3 Å². The molecule has 1 N–H and O–H groups in total. The topological polar surface area (TPSA) is 63.2 Å². The first-order valence-corrected chi connectivity index (χ1v) is 7.88. The fraction of sp³-hybridized carbons (Fsp3) is 0.462. The molecule has 4 nitrogen and oxygen atoms in total. The van der Waals surface area contributed by atoms with Crippen LogP contribution in [0.25, 0.3) is 0 Å². The molecule has 0 aliphatic carbocycles. The maximum absolute atomic E-state index is 11.7. The summed E-state index contributed by atoms with van der Waals surface area (Å²) in [6.45, 7) is 0. The molecule has 2 aliphatic rings. The predicted octanol–water partition coefficient (Wildman–Crippen LogP) is 1.05. The Morgan fingerprint density at radius 3 is 2.56 bits per heavy atom. The van der Waals surface area contributed by atoms with Crippen molar-refractivity contribution in [3.05, 3.63) is 35.9 Å². The second-order valence-corrected chi connectivity index (χ2v) is 7.48. The minimum atomic E-state index is -2.99. The maximum atomic E-state index is 11.7. The third-order valence-corrected chi connectivity index (χ3v) is 5.82. The molecule has 0 radical (unpaired) electrons. The van der Waals surface area contributed by atoms with Crippen molar-refractivity contribution < 1.29 is 13.2 Å². The number of sulfone groups is 1. The van der Waals surface area contributed by atoms with Gasteiger partial charge < -0.3 is 5.32 Å². The van der Waals surface area contributed by atoms with Gasteiger partial charge in [0, 0.05) is 11.8 Å². The van der Waals surface area contributed by atoms with E-state index in [0.717, 1.165) is 5.56 Å². The molecule has 2 saturated heterocycles. The van der Waals surface area contributed by atoms with E-state index in [2.05, 4.69) is 5.32 Å². The van der Waals surface area contributed by atoms with Gasteiger partial charge in [-0.05, 0) is 12.0 Å². The molecule has 0 saturated carbocycles. The number of hydrogen-bond donors (Lipinski definition) is 1. The van der Waals surface area contributed by atoms with Gasteiger partial charge in [0.25, 0.3) is 0 Å². The van der Waals surface area contributed by atoms with Gasteiger partial charge in [0.15, 0.2) is 9.84 Å². The van der Waals surface area contributed by atoms with Crippen molar-refractivity contribution in [1.82, 2.24) is 5.32 Å². The molecule has 5 heteroatoms. The van der Waals surface area contributed by atoms with E-state index >= 15 is 0 Å².